The van der Waals surface area contributed by atoms with Crippen LogP contribution >= 0.6 is 0 Å². The number of rotatable bonds is 1. The summed E-state index contributed by atoms with van der Waals surface area (Å²) in [6.07, 6.45) is 0. The fourth-order valence-corrected chi connectivity index (χ4v) is 2.12. The quantitative estimate of drug-likeness (QED) is 0.720. The van der Waals surface area contributed by atoms with Gasteiger partial charge in [-0.05, 0) is 27.7 Å². The Morgan fingerprint density at radius 2 is 1.53 bits per heavy atom. The molecule has 2 rings (SSSR count). The summed E-state index contributed by atoms with van der Waals surface area (Å²) in [4.78, 5) is 0. The molecular weight excluding hydrogens is 241 g/mol. The van der Waals surface area contributed by atoms with Crippen molar-refractivity contribution in [1.29, 1.82) is 0 Å². The van der Waals surface area contributed by atoms with Gasteiger partial charge in [0.1, 0.15) is 0 Å². The molecule has 1 aromatic heterocycles. The summed E-state index contributed by atoms with van der Waals surface area (Å²) < 4.78 is 14.0. The van der Waals surface area contributed by atoms with E-state index in [0.717, 1.165) is 11.3 Å². The Morgan fingerprint density at radius 3 is 1.95 bits per heavy atom. The van der Waals surface area contributed by atoms with Crippen molar-refractivity contribution in [3.8, 4) is 0 Å². The molecule has 0 aliphatic carbocycles. The number of hydrogen-bond acceptors (Lipinski definition) is 4. The first-order valence-electron chi connectivity index (χ1n) is 6.71. The zero-order valence-electron chi connectivity index (χ0n) is 13.2. The van der Waals surface area contributed by atoms with Gasteiger partial charge in [0.25, 0.3) is 0 Å². The second-order valence-electron chi connectivity index (χ2n) is 7.29. The van der Waals surface area contributed by atoms with Gasteiger partial charge in [-0.15, -0.1) is 5.10 Å². The van der Waals surface area contributed by atoms with Crippen LogP contribution in [0, 0.1) is 0 Å². The number of nitrogens with zero attached hydrogens (tertiary/aromatic N) is 3. The van der Waals surface area contributed by atoms with E-state index in [0.29, 0.717) is 0 Å². The van der Waals surface area contributed by atoms with Crippen molar-refractivity contribution in [1.82, 2.24) is 15.0 Å². The third-order valence-corrected chi connectivity index (χ3v) is 4.06. The molecule has 0 radical (unpaired) electrons. The zero-order chi connectivity index (χ0) is 14.6. The number of aromatic nitrogens is 3. The van der Waals surface area contributed by atoms with Crippen LogP contribution in [0.3, 0.4) is 0 Å². The maximum atomic E-state index is 6.10. The van der Waals surface area contributed by atoms with Crippen LogP contribution in [0.1, 0.15) is 54.2 Å². The van der Waals surface area contributed by atoms with Crippen molar-refractivity contribution in [2.75, 3.05) is 0 Å². The molecule has 0 saturated carbocycles. The number of hydrogen-bond donors (Lipinski definition) is 0. The summed E-state index contributed by atoms with van der Waals surface area (Å²) in [6.45, 7) is 14.5. The predicted molar refractivity (Wildman–Crippen MR) is 75.4 cm³/mol. The van der Waals surface area contributed by atoms with Crippen LogP contribution in [-0.2, 0) is 21.8 Å². The molecule has 19 heavy (non-hydrogen) atoms. The molecule has 0 spiro atoms. The molecule has 1 aliphatic rings. The SMILES string of the molecule is Cn1nnc(C(C)(C)C)c1B1OC(C)(C)C(C)(C)O1. The van der Waals surface area contributed by atoms with Gasteiger partial charge >= 0.3 is 7.12 Å². The minimum absolute atomic E-state index is 0.0901. The van der Waals surface area contributed by atoms with Crippen LogP contribution in [0.2, 0.25) is 0 Å². The summed E-state index contributed by atoms with van der Waals surface area (Å²) in [5, 5.41) is 8.41. The Morgan fingerprint density at radius 1 is 1.05 bits per heavy atom. The summed E-state index contributed by atoms with van der Waals surface area (Å²) in [6, 6.07) is 0. The Bertz CT molecular complexity index is 473. The van der Waals surface area contributed by atoms with E-state index in [2.05, 4.69) is 31.1 Å². The van der Waals surface area contributed by atoms with Crippen molar-refractivity contribution in [2.45, 2.75) is 65.1 Å². The highest BCUT2D eigenvalue weighted by molar-refractivity contribution is 6.61. The first kappa shape index (κ1) is 14.5. The summed E-state index contributed by atoms with van der Waals surface area (Å²) >= 11 is 0. The van der Waals surface area contributed by atoms with E-state index in [-0.39, 0.29) is 16.6 Å². The van der Waals surface area contributed by atoms with Crippen molar-refractivity contribution in [3.63, 3.8) is 0 Å². The van der Waals surface area contributed by atoms with E-state index >= 15 is 0 Å². The fraction of sp³-hybridized carbons (Fsp3) is 0.846. The van der Waals surface area contributed by atoms with E-state index in [9.17, 15) is 0 Å². The van der Waals surface area contributed by atoms with E-state index in [1.54, 1.807) is 4.68 Å². The lowest BCUT2D eigenvalue weighted by Crippen LogP contribution is -2.43. The van der Waals surface area contributed by atoms with Crippen LogP contribution in [0.15, 0.2) is 0 Å². The molecule has 0 bridgehead atoms. The third-order valence-electron chi connectivity index (χ3n) is 4.06. The first-order valence-corrected chi connectivity index (χ1v) is 6.71. The van der Waals surface area contributed by atoms with Gasteiger partial charge in [-0.2, -0.15) is 0 Å². The first-order chi connectivity index (χ1) is 8.46. The molecule has 6 heteroatoms. The maximum Gasteiger partial charge on any atom is 0.516 e. The normalized spacial score (nSPS) is 22.0. The minimum atomic E-state index is -0.417. The maximum absolute atomic E-state index is 6.10. The summed E-state index contributed by atoms with van der Waals surface area (Å²) in [5.41, 5.74) is 1.04. The second kappa shape index (κ2) is 4.06. The average Bonchev–Trinajstić information content (AvgIpc) is 2.65. The molecule has 106 valence electrons. The van der Waals surface area contributed by atoms with E-state index in [1.165, 1.54) is 0 Å². The van der Waals surface area contributed by atoms with Gasteiger partial charge in [-0.25, -0.2) is 0 Å². The molecule has 2 heterocycles. The van der Waals surface area contributed by atoms with Gasteiger partial charge in [0.05, 0.1) is 22.5 Å². The van der Waals surface area contributed by atoms with Crippen molar-refractivity contribution in [3.05, 3.63) is 5.69 Å². The summed E-state index contributed by atoms with van der Waals surface area (Å²) in [5.74, 6) is 0. The molecule has 1 saturated heterocycles. The van der Waals surface area contributed by atoms with E-state index in [4.69, 9.17) is 9.31 Å². The Labute approximate surface area is 115 Å². The zero-order valence-corrected chi connectivity index (χ0v) is 13.2. The Hall–Kier alpha value is -0.875. The molecule has 5 nitrogen and oxygen atoms in total. The van der Waals surface area contributed by atoms with Gasteiger partial charge in [-0.1, -0.05) is 26.0 Å². The monoisotopic (exact) mass is 265 g/mol. The lowest BCUT2D eigenvalue weighted by atomic mass is 9.76. The highest BCUT2D eigenvalue weighted by Gasteiger charge is 2.54. The van der Waals surface area contributed by atoms with Crippen molar-refractivity contribution >= 4 is 12.7 Å². The van der Waals surface area contributed by atoms with Crippen LogP contribution in [0.5, 0.6) is 0 Å². The predicted octanol–water partition coefficient (Wildman–Crippen LogP) is 1.41. The average molecular weight is 265 g/mol. The third kappa shape index (κ3) is 2.32. The van der Waals surface area contributed by atoms with Crippen molar-refractivity contribution < 1.29 is 9.31 Å². The van der Waals surface area contributed by atoms with Crippen LogP contribution < -0.4 is 5.59 Å². The molecular formula is C13H24BN3O2. The van der Waals surface area contributed by atoms with Gasteiger partial charge < -0.3 is 9.31 Å². The highest BCUT2D eigenvalue weighted by Crippen LogP contribution is 2.37. The largest absolute Gasteiger partial charge is 0.516 e. The Kier molecular flexibility index (Phi) is 3.10. The lowest BCUT2D eigenvalue weighted by Gasteiger charge is -2.32. The smallest absolute Gasteiger partial charge is 0.398 e. The highest BCUT2D eigenvalue weighted by atomic mass is 16.7. The molecule has 1 fully saturated rings. The topological polar surface area (TPSA) is 49.2 Å². The molecule has 1 aliphatic heterocycles. The van der Waals surface area contributed by atoms with Crippen LogP contribution in [-0.4, -0.2) is 33.3 Å². The van der Waals surface area contributed by atoms with Gasteiger partial charge in [-0.3, -0.25) is 4.68 Å². The van der Waals surface area contributed by atoms with Crippen LogP contribution in [0.25, 0.3) is 0 Å². The molecule has 0 amide bonds. The molecule has 0 aromatic carbocycles. The molecule has 0 unspecified atom stereocenters. The fourth-order valence-electron chi connectivity index (χ4n) is 2.12. The minimum Gasteiger partial charge on any atom is -0.398 e. The standard InChI is InChI=1S/C13H24BN3O2/c1-11(2,3)9-10(17(8)16-15-9)14-18-12(4,5)13(6,7)19-14/h1-8H3. The second-order valence-corrected chi connectivity index (χ2v) is 7.29. The van der Waals surface area contributed by atoms with E-state index in [1.807, 2.05) is 34.7 Å². The summed E-state index contributed by atoms with van der Waals surface area (Å²) in [7, 11) is 1.46. The number of aryl methyl sites for hydroxylation is 1. The lowest BCUT2D eigenvalue weighted by molar-refractivity contribution is 0.00578. The molecule has 0 N–H and O–H groups in total. The van der Waals surface area contributed by atoms with Gasteiger partial charge in [0, 0.05) is 12.5 Å². The van der Waals surface area contributed by atoms with Gasteiger partial charge in [0.2, 0.25) is 0 Å². The van der Waals surface area contributed by atoms with E-state index < -0.39 is 7.12 Å². The molecule has 0 atom stereocenters. The Balaban J connectivity index is 2.43. The van der Waals surface area contributed by atoms with Crippen LogP contribution in [0.4, 0.5) is 0 Å². The van der Waals surface area contributed by atoms with Gasteiger partial charge in [0.15, 0.2) is 0 Å². The molecule has 1 aromatic rings. The van der Waals surface area contributed by atoms with Crippen molar-refractivity contribution in [2.24, 2.45) is 7.05 Å².